The van der Waals surface area contributed by atoms with E-state index in [1.54, 1.807) is 0 Å². The Kier molecular flexibility index (Phi) is 4.45. The fraction of sp³-hybridized carbons (Fsp3) is 0.438. The van der Waals surface area contributed by atoms with Gasteiger partial charge in [-0.15, -0.1) is 0 Å². The molecule has 4 nitrogen and oxygen atoms in total. The van der Waals surface area contributed by atoms with E-state index in [9.17, 15) is 0 Å². The van der Waals surface area contributed by atoms with Crippen LogP contribution in [0.1, 0.15) is 29.3 Å². The van der Waals surface area contributed by atoms with E-state index in [1.807, 2.05) is 18.7 Å². The van der Waals surface area contributed by atoms with E-state index in [0.29, 0.717) is 6.54 Å². The average Bonchev–Trinajstić information content (AvgIpc) is 2.72. The lowest BCUT2D eigenvalue weighted by atomic mass is 10.1. The molecule has 2 N–H and O–H groups in total. The minimum absolute atomic E-state index is 0.527. The lowest BCUT2D eigenvalue weighted by Crippen LogP contribution is -2.26. The van der Waals surface area contributed by atoms with Crippen LogP contribution in [-0.2, 0) is 20.1 Å². The maximum absolute atomic E-state index is 5.90. The topological polar surface area (TPSA) is 47.1 Å². The Labute approximate surface area is 121 Å². The first-order valence-corrected chi connectivity index (χ1v) is 7.10. The number of hydrogen-bond acceptors (Lipinski definition) is 3. The fourth-order valence-corrected chi connectivity index (χ4v) is 2.65. The molecule has 2 rings (SSSR count). The van der Waals surface area contributed by atoms with Crippen molar-refractivity contribution in [3.8, 4) is 0 Å². The van der Waals surface area contributed by atoms with Gasteiger partial charge in [-0.2, -0.15) is 5.10 Å². The van der Waals surface area contributed by atoms with Gasteiger partial charge in [0.2, 0.25) is 0 Å². The summed E-state index contributed by atoms with van der Waals surface area (Å²) in [5.74, 6) is 1.13. The molecule has 20 heavy (non-hydrogen) atoms. The average molecular weight is 272 g/mol. The summed E-state index contributed by atoms with van der Waals surface area (Å²) in [6, 6.07) is 8.51. The number of aryl methyl sites for hydroxylation is 3. The van der Waals surface area contributed by atoms with E-state index in [0.717, 1.165) is 30.2 Å². The van der Waals surface area contributed by atoms with Gasteiger partial charge in [0.1, 0.15) is 5.82 Å². The Morgan fingerprint density at radius 1 is 1.25 bits per heavy atom. The van der Waals surface area contributed by atoms with E-state index in [2.05, 4.69) is 48.1 Å². The standard InChI is InChI=1S/C16H24N4/c1-5-20(11-14-9-7-6-8-12(14)2)16-15(10-17)13(3)18-19(16)4/h6-9H,5,10-11,17H2,1-4H3. The molecule has 0 spiro atoms. The van der Waals surface area contributed by atoms with Crippen molar-refractivity contribution in [2.75, 3.05) is 11.4 Å². The van der Waals surface area contributed by atoms with E-state index < -0.39 is 0 Å². The van der Waals surface area contributed by atoms with Gasteiger partial charge in [0.25, 0.3) is 0 Å². The van der Waals surface area contributed by atoms with Crippen LogP contribution >= 0.6 is 0 Å². The first-order valence-electron chi connectivity index (χ1n) is 7.10. The summed E-state index contributed by atoms with van der Waals surface area (Å²) in [7, 11) is 1.99. The zero-order valence-electron chi connectivity index (χ0n) is 12.8. The number of nitrogens with zero attached hydrogens (tertiary/aromatic N) is 3. The van der Waals surface area contributed by atoms with Crippen molar-refractivity contribution in [3.05, 3.63) is 46.6 Å². The quantitative estimate of drug-likeness (QED) is 0.910. The van der Waals surface area contributed by atoms with Gasteiger partial charge >= 0.3 is 0 Å². The van der Waals surface area contributed by atoms with Crippen LogP contribution < -0.4 is 10.6 Å². The summed E-state index contributed by atoms with van der Waals surface area (Å²) in [6.07, 6.45) is 0. The highest BCUT2D eigenvalue weighted by molar-refractivity contribution is 5.51. The molecule has 0 saturated carbocycles. The van der Waals surface area contributed by atoms with Crippen LogP contribution in [0.25, 0.3) is 0 Å². The summed E-state index contributed by atoms with van der Waals surface area (Å²) in [5, 5.41) is 4.51. The molecular formula is C16H24N4. The van der Waals surface area contributed by atoms with E-state index in [1.165, 1.54) is 11.1 Å². The molecule has 0 unspecified atom stereocenters. The third-order valence-corrected chi connectivity index (χ3v) is 3.82. The summed E-state index contributed by atoms with van der Waals surface area (Å²) in [6.45, 7) is 8.68. The van der Waals surface area contributed by atoms with E-state index in [-0.39, 0.29) is 0 Å². The smallest absolute Gasteiger partial charge is 0.131 e. The molecule has 0 saturated heterocycles. The summed E-state index contributed by atoms with van der Waals surface area (Å²) in [5.41, 5.74) is 10.7. The second-order valence-corrected chi connectivity index (χ2v) is 5.16. The SMILES string of the molecule is CCN(Cc1ccccc1C)c1c(CN)c(C)nn1C. The van der Waals surface area contributed by atoms with Crippen molar-refractivity contribution in [2.45, 2.75) is 33.9 Å². The highest BCUT2D eigenvalue weighted by Crippen LogP contribution is 2.25. The molecule has 0 fully saturated rings. The van der Waals surface area contributed by atoms with Gasteiger partial charge in [-0.1, -0.05) is 24.3 Å². The van der Waals surface area contributed by atoms with Crippen LogP contribution in [0.15, 0.2) is 24.3 Å². The highest BCUT2D eigenvalue weighted by Gasteiger charge is 2.18. The summed E-state index contributed by atoms with van der Waals surface area (Å²) >= 11 is 0. The van der Waals surface area contributed by atoms with Gasteiger partial charge < -0.3 is 10.6 Å². The predicted octanol–water partition coefficient (Wildman–Crippen LogP) is 2.52. The number of benzene rings is 1. The van der Waals surface area contributed by atoms with Crippen LogP contribution in [0.2, 0.25) is 0 Å². The van der Waals surface area contributed by atoms with Gasteiger partial charge in [-0.25, -0.2) is 0 Å². The van der Waals surface area contributed by atoms with Crippen LogP contribution in [0.5, 0.6) is 0 Å². The minimum atomic E-state index is 0.527. The molecule has 0 aliphatic heterocycles. The molecule has 0 aliphatic carbocycles. The molecule has 0 aliphatic rings. The molecule has 0 atom stereocenters. The van der Waals surface area contributed by atoms with Crippen LogP contribution in [0.3, 0.4) is 0 Å². The molecule has 108 valence electrons. The van der Waals surface area contributed by atoms with Gasteiger partial charge in [0, 0.05) is 32.2 Å². The molecule has 4 heteroatoms. The molecule has 1 aromatic heterocycles. The predicted molar refractivity (Wildman–Crippen MR) is 83.7 cm³/mol. The van der Waals surface area contributed by atoms with E-state index >= 15 is 0 Å². The zero-order chi connectivity index (χ0) is 14.7. The Bertz CT molecular complexity index is 586. The van der Waals surface area contributed by atoms with Gasteiger partial charge in [0.05, 0.1) is 5.69 Å². The van der Waals surface area contributed by atoms with Crippen molar-refractivity contribution >= 4 is 5.82 Å². The van der Waals surface area contributed by atoms with Crippen LogP contribution in [0.4, 0.5) is 5.82 Å². The third kappa shape index (κ3) is 2.70. The second kappa shape index (κ2) is 6.09. The Morgan fingerprint density at radius 3 is 2.55 bits per heavy atom. The van der Waals surface area contributed by atoms with Gasteiger partial charge in [-0.3, -0.25) is 4.68 Å². The zero-order valence-corrected chi connectivity index (χ0v) is 12.8. The number of aromatic nitrogens is 2. The first kappa shape index (κ1) is 14.6. The van der Waals surface area contributed by atoms with Crippen molar-refractivity contribution in [1.82, 2.24) is 9.78 Å². The van der Waals surface area contributed by atoms with Gasteiger partial charge in [-0.05, 0) is 31.9 Å². The molecule has 2 aromatic rings. The van der Waals surface area contributed by atoms with Crippen molar-refractivity contribution in [1.29, 1.82) is 0 Å². The lowest BCUT2D eigenvalue weighted by molar-refractivity contribution is 0.702. The first-order chi connectivity index (χ1) is 9.58. The number of nitrogens with two attached hydrogens (primary N) is 1. The monoisotopic (exact) mass is 272 g/mol. The Balaban J connectivity index is 2.36. The van der Waals surface area contributed by atoms with Crippen molar-refractivity contribution in [3.63, 3.8) is 0 Å². The largest absolute Gasteiger partial charge is 0.352 e. The number of anilines is 1. The maximum atomic E-state index is 5.90. The summed E-state index contributed by atoms with van der Waals surface area (Å²) in [4.78, 5) is 2.34. The van der Waals surface area contributed by atoms with Crippen molar-refractivity contribution in [2.24, 2.45) is 12.8 Å². The normalized spacial score (nSPS) is 10.8. The van der Waals surface area contributed by atoms with Crippen LogP contribution in [-0.4, -0.2) is 16.3 Å². The molecule has 1 aromatic carbocycles. The maximum Gasteiger partial charge on any atom is 0.131 e. The summed E-state index contributed by atoms with van der Waals surface area (Å²) < 4.78 is 1.94. The van der Waals surface area contributed by atoms with Crippen molar-refractivity contribution < 1.29 is 0 Å². The lowest BCUT2D eigenvalue weighted by Gasteiger charge is -2.25. The molecule has 0 bridgehead atoms. The third-order valence-electron chi connectivity index (χ3n) is 3.82. The van der Waals surface area contributed by atoms with E-state index in [4.69, 9.17) is 5.73 Å². The molecule has 1 heterocycles. The molecule has 0 amide bonds. The minimum Gasteiger partial charge on any atom is -0.352 e. The Morgan fingerprint density at radius 2 is 1.95 bits per heavy atom. The molecule has 0 radical (unpaired) electrons. The number of hydrogen-bond donors (Lipinski definition) is 1. The molecular weight excluding hydrogens is 248 g/mol. The van der Waals surface area contributed by atoms with Crippen LogP contribution in [0, 0.1) is 13.8 Å². The fourth-order valence-electron chi connectivity index (χ4n) is 2.65. The second-order valence-electron chi connectivity index (χ2n) is 5.16. The van der Waals surface area contributed by atoms with Gasteiger partial charge in [0.15, 0.2) is 0 Å². The number of rotatable bonds is 5. The highest BCUT2D eigenvalue weighted by atomic mass is 15.4. The Hall–Kier alpha value is -1.81.